The van der Waals surface area contributed by atoms with Crippen LogP contribution in [0.1, 0.15) is 28.3 Å². The van der Waals surface area contributed by atoms with Crippen molar-refractivity contribution in [3.63, 3.8) is 0 Å². The smallest absolute Gasteiger partial charge is 0.115 e. The van der Waals surface area contributed by atoms with Gasteiger partial charge in [-0.3, -0.25) is 0 Å². The zero-order valence-electron chi connectivity index (χ0n) is 9.88. The van der Waals surface area contributed by atoms with E-state index in [0.29, 0.717) is 5.69 Å². The summed E-state index contributed by atoms with van der Waals surface area (Å²) in [5.74, 6) is -0.344. The zero-order valence-corrected chi connectivity index (χ0v) is 9.88. The summed E-state index contributed by atoms with van der Waals surface area (Å²) in [5, 5.41) is 17.2. The largest absolute Gasteiger partial charge is 0.197 e. The molecule has 1 aromatic carbocycles. The molecule has 3 heteroatoms. The average molecular weight is 223 g/mol. The lowest BCUT2D eigenvalue weighted by atomic mass is 9.92. The molecule has 0 radical (unpaired) electrons. The highest BCUT2D eigenvalue weighted by Crippen LogP contribution is 2.25. The number of aromatic nitrogens is 2. The molecule has 0 fully saturated rings. The number of aryl methyl sites for hydroxylation is 2. The second-order valence-electron chi connectivity index (χ2n) is 4.07. The molecule has 2 rings (SSSR count). The van der Waals surface area contributed by atoms with E-state index in [1.54, 1.807) is 12.3 Å². The van der Waals surface area contributed by atoms with Gasteiger partial charge >= 0.3 is 0 Å². The summed E-state index contributed by atoms with van der Waals surface area (Å²) in [6.45, 7) is 4.03. The number of nitriles is 1. The molecule has 17 heavy (non-hydrogen) atoms. The van der Waals surface area contributed by atoms with Gasteiger partial charge in [0.1, 0.15) is 5.92 Å². The van der Waals surface area contributed by atoms with Crippen molar-refractivity contribution >= 4 is 0 Å². The van der Waals surface area contributed by atoms with Crippen LogP contribution in [0.5, 0.6) is 0 Å². The molecule has 1 atom stereocenters. The van der Waals surface area contributed by atoms with Crippen molar-refractivity contribution in [2.45, 2.75) is 19.8 Å². The fourth-order valence-electron chi connectivity index (χ4n) is 1.83. The van der Waals surface area contributed by atoms with E-state index in [-0.39, 0.29) is 5.92 Å². The Morgan fingerprint density at radius 1 is 1.24 bits per heavy atom. The third kappa shape index (κ3) is 2.31. The highest BCUT2D eigenvalue weighted by molar-refractivity contribution is 5.41. The van der Waals surface area contributed by atoms with E-state index in [1.807, 2.05) is 38.1 Å². The van der Waals surface area contributed by atoms with Crippen molar-refractivity contribution in [1.82, 2.24) is 10.2 Å². The lowest BCUT2D eigenvalue weighted by molar-refractivity contribution is 0.878. The van der Waals surface area contributed by atoms with E-state index in [9.17, 15) is 5.26 Å². The molecule has 0 saturated heterocycles. The van der Waals surface area contributed by atoms with E-state index >= 15 is 0 Å². The van der Waals surface area contributed by atoms with E-state index in [1.165, 1.54) is 0 Å². The summed E-state index contributed by atoms with van der Waals surface area (Å²) in [6, 6.07) is 12.1. The Hall–Kier alpha value is -2.21. The van der Waals surface area contributed by atoms with Crippen LogP contribution in [-0.2, 0) is 0 Å². The fourth-order valence-corrected chi connectivity index (χ4v) is 1.83. The van der Waals surface area contributed by atoms with Crippen LogP contribution in [0.25, 0.3) is 0 Å². The molecule has 0 amide bonds. The maximum absolute atomic E-state index is 9.33. The van der Waals surface area contributed by atoms with Crippen LogP contribution in [0.4, 0.5) is 0 Å². The molecular formula is C14H13N3. The normalized spacial score (nSPS) is 11.8. The van der Waals surface area contributed by atoms with E-state index in [4.69, 9.17) is 0 Å². The summed E-state index contributed by atoms with van der Waals surface area (Å²) in [6.07, 6.45) is 1.61. The topological polar surface area (TPSA) is 49.6 Å². The maximum Gasteiger partial charge on any atom is 0.115 e. The summed E-state index contributed by atoms with van der Waals surface area (Å²) >= 11 is 0. The molecule has 2 aromatic rings. The number of hydrogen-bond donors (Lipinski definition) is 0. The van der Waals surface area contributed by atoms with Gasteiger partial charge in [-0.1, -0.05) is 23.8 Å². The standard InChI is InChI=1S/C14H13N3/c1-10-5-6-11(2)12(8-10)13(9-15)14-4-3-7-16-17-14/h3-8,13H,1-2H3. The van der Waals surface area contributed by atoms with Crippen molar-refractivity contribution in [2.75, 3.05) is 0 Å². The molecule has 3 nitrogen and oxygen atoms in total. The number of rotatable bonds is 2. The highest BCUT2D eigenvalue weighted by Gasteiger charge is 2.17. The van der Waals surface area contributed by atoms with Crippen molar-refractivity contribution in [1.29, 1.82) is 5.26 Å². The Bertz CT molecular complexity index is 555. The van der Waals surface area contributed by atoms with E-state index in [2.05, 4.69) is 16.3 Å². The molecular weight excluding hydrogens is 210 g/mol. The third-order valence-corrected chi connectivity index (χ3v) is 2.76. The quantitative estimate of drug-likeness (QED) is 0.786. The fraction of sp³-hybridized carbons (Fsp3) is 0.214. The molecule has 0 saturated carbocycles. The van der Waals surface area contributed by atoms with Crippen molar-refractivity contribution in [3.8, 4) is 6.07 Å². The number of nitrogens with zero attached hydrogens (tertiary/aromatic N) is 3. The molecule has 1 heterocycles. The van der Waals surface area contributed by atoms with Crippen LogP contribution in [0.3, 0.4) is 0 Å². The molecule has 0 N–H and O–H groups in total. The Kier molecular flexibility index (Phi) is 3.15. The van der Waals surface area contributed by atoms with Gasteiger partial charge in [0.05, 0.1) is 11.8 Å². The van der Waals surface area contributed by atoms with Gasteiger partial charge < -0.3 is 0 Å². The van der Waals surface area contributed by atoms with Crippen LogP contribution in [-0.4, -0.2) is 10.2 Å². The maximum atomic E-state index is 9.33. The summed E-state index contributed by atoms with van der Waals surface area (Å²) in [4.78, 5) is 0. The Labute approximate surface area is 101 Å². The molecule has 1 aromatic heterocycles. The monoisotopic (exact) mass is 223 g/mol. The first-order chi connectivity index (χ1) is 8.22. The van der Waals surface area contributed by atoms with Gasteiger partial charge in [0.15, 0.2) is 0 Å². The van der Waals surface area contributed by atoms with Crippen molar-refractivity contribution < 1.29 is 0 Å². The van der Waals surface area contributed by atoms with Gasteiger partial charge in [0, 0.05) is 6.20 Å². The van der Waals surface area contributed by atoms with Crippen LogP contribution < -0.4 is 0 Å². The predicted octanol–water partition coefficient (Wildman–Crippen LogP) is 2.75. The number of hydrogen-bond acceptors (Lipinski definition) is 3. The van der Waals surface area contributed by atoms with Crippen LogP contribution >= 0.6 is 0 Å². The first kappa shape index (κ1) is 11.3. The molecule has 0 spiro atoms. The first-order valence-corrected chi connectivity index (χ1v) is 5.46. The minimum atomic E-state index is -0.344. The zero-order chi connectivity index (χ0) is 12.3. The van der Waals surface area contributed by atoms with E-state index in [0.717, 1.165) is 16.7 Å². The molecule has 0 aliphatic heterocycles. The van der Waals surface area contributed by atoms with Gasteiger partial charge in [0.2, 0.25) is 0 Å². The summed E-state index contributed by atoms with van der Waals surface area (Å²) in [5.41, 5.74) is 3.96. The van der Waals surface area contributed by atoms with Gasteiger partial charge in [-0.15, -0.1) is 0 Å². The minimum Gasteiger partial charge on any atom is -0.197 e. The second kappa shape index (κ2) is 4.75. The molecule has 84 valence electrons. The predicted molar refractivity (Wildman–Crippen MR) is 65.4 cm³/mol. The lowest BCUT2D eigenvalue weighted by Crippen LogP contribution is -2.04. The summed E-state index contributed by atoms with van der Waals surface area (Å²) in [7, 11) is 0. The first-order valence-electron chi connectivity index (χ1n) is 5.46. The Balaban J connectivity index is 2.51. The Morgan fingerprint density at radius 3 is 2.71 bits per heavy atom. The van der Waals surface area contributed by atoms with Gasteiger partial charge in [-0.05, 0) is 37.1 Å². The van der Waals surface area contributed by atoms with Crippen LogP contribution in [0.2, 0.25) is 0 Å². The SMILES string of the molecule is Cc1ccc(C)c(C(C#N)c2cccnn2)c1. The second-order valence-corrected chi connectivity index (χ2v) is 4.07. The van der Waals surface area contributed by atoms with Crippen molar-refractivity contribution in [3.05, 3.63) is 58.9 Å². The van der Waals surface area contributed by atoms with Gasteiger partial charge in [-0.25, -0.2) is 0 Å². The summed E-state index contributed by atoms with van der Waals surface area (Å²) < 4.78 is 0. The Morgan fingerprint density at radius 2 is 2.06 bits per heavy atom. The molecule has 0 aliphatic rings. The molecule has 1 unspecified atom stereocenters. The van der Waals surface area contributed by atoms with Crippen LogP contribution in [0.15, 0.2) is 36.5 Å². The van der Waals surface area contributed by atoms with E-state index < -0.39 is 0 Å². The molecule has 0 aliphatic carbocycles. The highest BCUT2D eigenvalue weighted by atomic mass is 15.1. The molecule has 0 bridgehead atoms. The van der Waals surface area contributed by atoms with Gasteiger partial charge in [0.25, 0.3) is 0 Å². The lowest BCUT2D eigenvalue weighted by Gasteiger charge is -2.12. The third-order valence-electron chi connectivity index (χ3n) is 2.76. The van der Waals surface area contributed by atoms with Gasteiger partial charge in [-0.2, -0.15) is 15.5 Å². The average Bonchev–Trinajstić information content (AvgIpc) is 2.36. The van der Waals surface area contributed by atoms with Crippen molar-refractivity contribution in [2.24, 2.45) is 0 Å². The minimum absolute atomic E-state index is 0.344. The van der Waals surface area contributed by atoms with Crippen LogP contribution in [0, 0.1) is 25.2 Å². The number of benzene rings is 1.